The average Bonchev–Trinajstić information content (AvgIpc) is 3.13. The summed E-state index contributed by atoms with van der Waals surface area (Å²) in [7, 11) is -16.7. The largest absolute Gasteiger partial charge is 0.490 e. The Kier molecular flexibility index (Phi) is 11.8. The topological polar surface area (TPSA) is 311 Å². The van der Waals surface area contributed by atoms with Crippen LogP contribution < -0.4 is 5.73 Å². The van der Waals surface area contributed by atoms with Crippen LogP contribution in [0.15, 0.2) is 12.7 Å². The predicted molar refractivity (Wildman–Crippen MR) is 120 cm³/mol. The first kappa shape index (κ1) is 33.3. The molecule has 24 heteroatoms. The fourth-order valence-electron chi connectivity index (χ4n) is 2.62. The van der Waals surface area contributed by atoms with Crippen LogP contribution in [0.5, 0.6) is 0 Å². The fraction of sp³-hybridized carbons (Fsp3) is 0.500. The normalized spacial score (nSPS) is 25.9. The zero-order valence-corrected chi connectivity index (χ0v) is 21.1. The third kappa shape index (κ3) is 7.90. The Morgan fingerprint density at radius 2 is 1.62 bits per heavy atom. The van der Waals surface area contributed by atoms with E-state index in [-0.39, 0.29) is 49.4 Å². The Hall–Kier alpha value is -0.700. The van der Waals surface area contributed by atoms with E-state index >= 15 is 0 Å². The van der Waals surface area contributed by atoms with Crippen LogP contribution in [-0.2, 0) is 31.6 Å². The van der Waals surface area contributed by atoms with Crippen molar-refractivity contribution in [3.05, 3.63) is 12.7 Å². The molecule has 1 saturated heterocycles. The number of phosphoric acid groups is 3. The van der Waals surface area contributed by atoms with E-state index in [0.717, 1.165) is 6.33 Å². The van der Waals surface area contributed by atoms with Crippen molar-refractivity contribution < 1.29 is 66.8 Å². The summed E-state index contributed by atoms with van der Waals surface area (Å²) in [4.78, 5) is 47.2. The van der Waals surface area contributed by atoms with Gasteiger partial charge in [-0.05, 0) is 0 Å². The number of aliphatic hydroxyl groups excluding tert-OH is 2. The van der Waals surface area contributed by atoms with Gasteiger partial charge in [0.05, 0.1) is 12.9 Å². The summed E-state index contributed by atoms with van der Waals surface area (Å²) < 4.78 is 51.9. The quantitative estimate of drug-likeness (QED) is 0.159. The number of nitrogens with two attached hydrogens (primary N) is 1. The lowest BCUT2D eigenvalue weighted by Crippen LogP contribution is -2.33. The van der Waals surface area contributed by atoms with Gasteiger partial charge in [0.25, 0.3) is 0 Å². The van der Waals surface area contributed by atoms with Crippen molar-refractivity contribution in [1.82, 2.24) is 19.5 Å². The van der Waals surface area contributed by atoms with Crippen molar-refractivity contribution in [3.63, 3.8) is 0 Å². The van der Waals surface area contributed by atoms with Gasteiger partial charge in [-0.3, -0.25) is 9.09 Å². The molecule has 0 amide bonds. The van der Waals surface area contributed by atoms with Crippen LogP contribution >= 0.6 is 50.5 Å². The molecule has 0 spiro atoms. The van der Waals surface area contributed by atoms with Crippen molar-refractivity contribution in [3.8, 4) is 0 Å². The van der Waals surface area contributed by atoms with Crippen molar-refractivity contribution in [1.29, 1.82) is 0 Å². The van der Waals surface area contributed by atoms with Gasteiger partial charge in [-0.2, -0.15) is 35.6 Å². The van der Waals surface area contributed by atoms with E-state index in [0.29, 0.717) is 0 Å². The number of nitrogen functional groups attached to an aromatic ring is 1. The molecule has 0 aromatic carbocycles. The number of aromatic nitrogens is 4. The van der Waals surface area contributed by atoms with Crippen LogP contribution in [-0.4, -0.2) is 79.7 Å². The molecule has 10 N–H and O–H groups in total. The van der Waals surface area contributed by atoms with Crippen molar-refractivity contribution >= 4 is 67.4 Å². The van der Waals surface area contributed by atoms with Gasteiger partial charge < -0.3 is 45.7 Å². The average molecular weight is 593 g/mol. The Morgan fingerprint density at radius 3 is 2.21 bits per heavy atom. The maximum absolute atomic E-state index is 11.8. The highest BCUT2D eigenvalue weighted by Crippen LogP contribution is 2.66. The second-order valence-corrected chi connectivity index (χ2v) is 10.4. The number of aliphatic hydroxyl groups is 2. The van der Waals surface area contributed by atoms with Crippen LogP contribution in [0.4, 0.5) is 5.82 Å². The number of fused-ring (bicyclic) bond motifs is 1. The van der Waals surface area contributed by atoms with E-state index in [1.165, 1.54) is 10.9 Å². The predicted octanol–water partition coefficient (Wildman–Crippen LogP) is -2.23. The second-order valence-electron chi connectivity index (χ2n) is 6.02. The Balaban J connectivity index is 0.00000363. The summed E-state index contributed by atoms with van der Waals surface area (Å²) >= 11 is 0. The molecule has 0 bridgehead atoms. The Labute approximate surface area is 203 Å². The summed E-state index contributed by atoms with van der Waals surface area (Å²) in [5.74, 6) is 0.0426. The van der Waals surface area contributed by atoms with Crippen LogP contribution in [0.3, 0.4) is 0 Å². The SMILES string of the molecule is Nc1ncnc2c1ncn2[C@@H]1O[C@H](COP(=O)(O)OP(=O)(O)OP(=O)(O)O)[C@@H](O)[C@H]1O.O.S.S. The van der Waals surface area contributed by atoms with E-state index in [4.69, 9.17) is 25.2 Å². The van der Waals surface area contributed by atoms with Crippen LogP contribution in [0.25, 0.3) is 11.2 Å². The zero-order chi connectivity index (χ0) is 23.2. The maximum Gasteiger partial charge on any atom is 0.490 e. The highest BCUT2D eigenvalue weighted by Gasteiger charge is 2.47. The van der Waals surface area contributed by atoms with E-state index in [1.807, 2.05) is 0 Å². The number of ether oxygens (including phenoxy) is 1. The molecule has 0 saturated carbocycles. The number of hydrogen-bond acceptors (Lipinski definition) is 13. The molecule has 1 aliphatic heterocycles. The lowest BCUT2D eigenvalue weighted by molar-refractivity contribution is -0.0503. The minimum atomic E-state index is -5.70. The molecule has 0 aliphatic carbocycles. The van der Waals surface area contributed by atoms with E-state index in [9.17, 15) is 28.8 Å². The maximum atomic E-state index is 11.8. The number of anilines is 1. The standard InChI is InChI=1S/C10H16N5O13P3.H2O.2H2S/c11-8-5-9(13-2-12-8)15(3-14-5)10-7(17)6(16)4(26-10)1-25-30(21,22)28-31(23,24)27-29(18,19)20;;;/h2-4,6-7,10,16-17H,1H2,(H,21,22)(H,23,24)(H2,11,12,13)(H2,18,19,20);3*1H2/t4-,6-,7-,10-;;;/m1.../s1. The van der Waals surface area contributed by atoms with Gasteiger partial charge in [0.15, 0.2) is 17.7 Å². The van der Waals surface area contributed by atoms with Gasteiger partial charge in [-0.1, -0.05) is 0 Å². The molecule has 19 nitrogen and oxygen atoms in total. The second kappa shape index (κ2) is 12.0. The van der Waals surface area contributed by atoms with E-state index < -0.39 is 54.6 Å². The van der Waals surface area contributed by atoms with Gasteiger partial charge in [0.2, 0.25) is 0 Å². The summed E-state index contributed by atoms with van der Waals surface area (Å²) in [6, 6.07) is 0. The summed E-state index contributed by atoms with van der Waals surface area (Å²) in [5.41, 5.74) is 6.00. The fourth-order valence-corrected chi connectivity index (χ4v) is 5.65. The monoisotopic (exact) mass is 593 g/mol. The minimum absolute atomic E-state index is 0. The van der Waals surface area contributed by atoms with Crippen molar-refractivity contribution in [2.24, 2.45) is 0 Å². The first-order chi connectivity index (χ1) is 14.2. The molecular formula is C10H22N5O14P3S2. The summed E-state index contributed by atoms with van der Waals surface area (Å²) in [5, 5.41) is 20.4. The molecule has 3 heterocycles. The molecule has 198 valence electrons. The highest BCUT2D eigenvalue weighted by atomic mass is 32.1. The Bertz CT molecular complexity index is 1120. The van der Waals surface area contributed by atoms with Crippen molar-refractivity contribution in [2.45, 2.75) is 24.5 Å². The molecule has 2 aromatic rings. The molecule has 0 radical (unpaired) electrons. The Morgan fingerprint density at radius 1 is 1.00 bits per heavy atom. The van der Waals surface area contributed by atoms with Crippen molar-refractivity contribution in [2.75, 3.05) is 12.3 Å². The molecule has 2 unspecified atom stereocenters. The first-order valence-electron chi connectivity index (χ1n) is 7.92. The molecule has 1 fully saturated rings. The number of imidazole rings is 1. The number of nitrogens with zero attached hydrogens (tertiary/aromatic N) is 4. The summed E-state index contributed by atoms with van der Waals surface area (Å²) in [6.45, 7) is -0.956. The molecule has 34 heavy (non-hydrogen) atoms. The lowest BCUT2D eigenvalue weighted by atomic mass is 10.1. The lowest BCUT2D eigenvalue weighted by Gasteiger charge is -2.19. The molecular weight excluding hydrogens is 571 g/mol. The summed E-state index contributed by atoms with van der Waals surface area (Å²) in [6.07, 6.45) is -3.69. The van der Waals surface area contributed by atoms with Gasteiger partial charge >= 0.3 is 23.5 Å². The van der Waals surface area contributed by atoms with Gasteiger partial charge in [0.1, 0.15) is 30.2 Å². The minimum Gasteiger partial charge on any atom is -0.412 e. The van der Waals surface area contributed by atoms with Gasteiger partial charge in [0, 0.05) is 0 Å². The number of phosphoric ester groups is 1. The number of rotatable bonds is 8. The van der Waals surface area contributed by atoms with E-state index in [1.54, 1.807) is 0 Å². The third-order valence-corrected chi connectivity index (χ3v) is 7.62. The first-order valence-corrected chi connectivity index (χ1v) is 12.4. The van der Waals surface area contributed by atoms with Gasteiger partial charge in [-0.25, -0.2) is 28.6 Å². The van der Waals surface area contributed by atoms with E-state index in [2.05, 4.69) is 28.1 Å². The molecule has 3 rings (SSSR count). The number of hydrogen-bond donors (Lipinski definition) is 7. The van der Waals surface area contributed by atoms with Crippen LogP contribution in [0.1, 0.15) is 6.23 Å². The molecule has 6 atom stereocenters. The van der Waals surface area contributed by atoms with Crippen LogP contribution in [0, 0.1) is 0 Å². The molecule has 2 aromatic heterocycles. The van der Waals surface area contributed by atoms with Gasteiger partial charge in [-0.15, -0.1) is 0 Å². The zero-order valence-electron chi connectivity index (χ0n) is 16.4. The molecule has 1 aliphatic rings. The van der Waals surface area contributed by atoms with Crippen LogP contribution in [0.2, 0.25) is 0 Å². The third-order valence-electron chi connectivity index (χ3n) is 3.82. The highest BCUT2D eigenvalue weighted by molar-refractivity contribution is 7.66. The smallest absolute Gasteiger partial charge is 0.412 e.